The van der Waals surface area contributed by atoms with Crippen molar-refractivity contribution in [1.82, 2.24) is 10.2 Å². The predicted octanol–water partition coefficient (Wildman–Crippen LogP) is 2.31. The molecule has 0 amide bonds. The van der Waals surface area contributed by atoms with Gasteiger partial charge in [0.05, 0.1) is 12.7 Å². The van der Waals surface area contributed by atoms with Crippen LogP contribution in [0.25, 0.3) is 0 Å². The molecule has 0 aromatic heterocycles. The van der Waals surface area contributed by atoms with E-state index in [0.29, 0.717) is 13.2 Å². The number of nitrogens with one attached hydrogen (secondary N) is 1. The van der Waals surface area contributed by atoms with Crippen molar-refractivity contribution in [3.05, 3.63) is 35.6 Å². The van der Waals surface area contributed by atoms with E-state index in [1.165, 1.54) is 0 Å². The number of hydrogen-bond donors (Lipinski definition) is 1. The largest absolute Gasteiger partial charge is 0.375 e. The average molecular weight is 361 g/mol. The van der Waals surface area contributed by atoms with Crippen LogP contribution in [0.5, 0.6) is 0 Å². The van der Waals surface area contributed by atoms with Crippen LogP contribution in [0.3, 0.4) is 0 Å². The maximum absolute atomic E-state index is 14.2. The highest BCUT2D eigenvalue weighted by Gasteiger charge is 2.46. The molecule has 1 aromatic rings. The van der Waals surface area contributed by atoms with Crippen molar-refractivity contribution in [3.63, 3.8) is 0 Å². The fraction of sp³-hybridized carbons (Fsp3) is 0.650. The molecule has 1 aliphatic carbocycles. The Morgan fingerprint density at radius 1 is 1.27 bits per heavy atom. The Kier molecular flexibility index (Phi) is 5.14. The van der Waals surface area contributed by atoms with Crippen LogP contribution in [-0.2, 0) is 14.9 Å². The minimum absolute atomic E-state index is 0.0957. The van der Waals surface area contributed by atoms with Gasteiger partial charge in [-0.25, -0.2) is 4.39 Å². The van der Waals surface area contributed by atoms with E-state index < -0.39 is 0 Å². The number of morpholine rings is 1. The molecule has 0 bridgehead atoms. The number of ether oxygens (including phenoxy) is 2. The van der Waals surface area contributed by atoms with E-state index in [4.69, 9.17) is 9.47 Å². The fourth-order valence-electron chi connectivity index (χ4n) is 4.15. The monoisotopic (exact) mass is 361 g/mol. The lowest BCUT2D eigenvalue weighted by atomic mass is 9.95. The van der Waals surface area contributed by atoms with Crippen molar-refractivity contribution >= 4 is 5.96 Å². The molecule has 1 saturated carbocycles. The van der Waals surface area contributed by atoms with Crippen LogP contribution in [0.1, 0.15) is 31.2 Å². The summed E-state index contributed by atoms with van der Waals surface area (Å²) in [6.07, 6.45) is 4.51. The van der Waals surface area contributed by atoms with Crippen LogP contribution in [-0.4, -0.2) is 63.0 Å². The Balaban J connectivity index is 1.38. The van der Waals surface area contributed by atoms with Gasteiger partial charge in [0.2, 0.25) is 0 Å². The van der Waals surface area contributed by atoms with Crippen molar-refractivity contribution in [2.45, 2.75) is 43.3 Å². The van der Waals surface area contributed by atoms with Crippen LogP contribution >= 0.6 is 0 Å². The molecule has 2 saturated heterocycles. The Labute approximate surface area is 154 Å². The lowest BCUT2D eigenvalue weighted by Gasteiger charge is -2.37. The zero-order chi connectivity index (χ0) is 18.0. The summed E-state index contributed by atoms with van der Waals surface area (Å²) in [5.41, 5.74) is 0.726. The summed E-state index contributed by atoms with van der Waals surface area (Å²) in [6, 6.07) is 7.13. The van der Waals surface area contributed by atoms with Crippen LogP contribution in [0.15, 0.2) is 29.3 Å². The molecule has 4 rings (SSSR count). The van der Waals surface area contributed by atoms with E-state index in [0.717, 1.165) is 56.9 Å². The zero-order valence-corrected chi connectivity index (χ0v) is 15.4. The summed E-state index contributed by atoms with van der Waals surface area (Å²) in [5.74, 6) is 0.769. The van der Waals surface area contributed by atoms with Crippen molar-refractivity contribution in [1.29, 1.82) is 0 Å². The molecule has 3 aliphatic rings. The Hall–Kier alpha value is -1.66. The highest BCUT2D eigenvalue weighted by molar-refractivity contribution is 5.80. The fourth-order valence-corrected chi connectivity index (χ4v) is 4.15. The molecule has 1 N–H and O–H groups in total. The number of guanidine groups is 1. The van der Waals surface area contributed by atoms with Crippen LogP contribution in [0.2, 0.25) is 0 Å². The van der Waals surface area contributed by atoms with E-state index in [2.05, 4.69) is 15.2 Å². The number of benzene rings is 1. The smallest absolute Gasteiger partial charge is 0.193 e. The molecule has 3 fully saturated rings. The normalized spacial score (nSPS) is 28.2. The van der Waals surface area contributed by atoms with E-state index in [1.54, 1.807) is 12.1 Å². The maximum atomic E-state index is 14.2. The number of hydrogen-bond acceptors (Lipinski definition) is 3. The van der Waals surface area contributed by atoms with Gasteiger partial charge in [0, 0.05) is 38.7 Å². The molecular weight excluding hydrogens is 333 g/mol. The average Bonchev–Trinajstić information content (AvgIpc) is 3.25. The third-order valence-electron chi connectivity index (χ3n) is 5.87. The zero-order valence-electron chi connectivity index (χ0n) is 15.4. The van der Waals surface area contributed by atoms with Crippen molar-refractivity contribution < 1.29 is 13.9 Å². The highest BCUT2D eigenvalue weighted by Crippen LogP contribution is 2.48. The maximum Gasteiger partial charge on any atom is 0.193 e. The third kappa shape index (κ3) is 3.58. The number of rotatable bonds is 4. The van der Waals surface area contributed by atoms with Crippen molar-refractivity contribution in [3.8, 4) is 0 Å². The molecule has 2 aliphatic heterocycles. The lowest BCUT2D eigenvalue weighted by Crippen LogP contribution is -2.54. The summed E-state index contributed by atoms with van der Waals surface area (Å²) in [6.45, 7) is 3.83. The van der Waals surface area contributed by atoms with Gasteiger partial charge in [-0.3, -0.25) is 4.99 Å². The van der Waals surface area contributed by atoms with Gasteiger partial charge < -0.3 is 19.7 Å². The molecule has 2 atom stereocenters. The standard InChI is InChI=1S/C20H28FN3O2/c1-22-19(24-10-12-26-18(13-24)17-7-4-11-25-17)23-14-20(8-9-20)15-5-2-3-6-16(15)21/h2-3,5-6,17-18H,4,7-14H2,1H3,(H,22,23). The van der Waals surface area contributed by atoms with Crippen molar-refractivity contribution in [2.24, 2.45) is 4.99 Å². The molecule has 5 nitrogen and oxygen atoms in total. The van der Waals surface area contributed by atoms with Gasteiger partial charge in [-0.2, -0.15) is 0 Å². The second kappa shape index (κ2) is 7.53. The predicted molar refractivity (Wildman–Crippen MR) is 99.0 cm³/mol. The number of aliphatic imine (C=N–C) groups is 1. The second-order valence-corrected chi connectivity index (χ2v) is 7.57. The summed E-state index contributed by atoms with van der Waals surface area (Å²) in [4.78, 5) is 6.70. The van der Waals surface area contributed by atoms with Gasteiger partial charge in [-0.15, -0.1) is 0 Å². The Morgan fingerprint density at radius 2 is 2.08 bits per heavy atom. The topological polar surface area (TPSA) is 46.1 Å². The van der Waals surface area contributed by atoms with Crippen LogP contribution in [0, 0.1) is 5.82 Å². The van der Waals surface area contributed by atoms with E-state index in [-0.39, 0.29) is 23.4 Å². The first-order chi connectivity index (χ1) is 12.7. The summed E-state index contributed by atoms with van der Waals surface area (Å²) >= 11 is 0. The van der Waals surface area contributed by atoms with E-state index in [1.807, 2.05) is 19.2 Å². The van der Waals surface area contributed by atoms with Gasteiger partial charge in [-0.05, 0) is 37.3 Å². The van der Waals surface area contributed by atoms with E-state index in [9.17, 15) is 4.39 Å². The second-order valence-electron chi connectivity index (χ2n) is 7.57. The third-order valence-corrected chi connectivity index (χ3v) is 5.87. The minimum Gasteiger partial charge on any atom is -0.375 e. The van der Waals surface area contributed by atoms with Crippen molar-refractivity contribution in [2.75, 3.05) is 39.9 Å². The van der Waals surface area contributed by atoms with E-state index >= 15 is 0 Å². The van der Waals surface area contributed by atoms with Gasteiger partial charge >= 0.3 is 0 Å². The minimum atomic E-state index is -0.105. The number of halogens is 1. The Morgan fingerprint density at radius 3 is 2.77 bits per heavy atom. The van der Waals surface area contributed by atoms with Gasteiger partial charge in [-0.1, -0.05) is 18.2 Å². The quantitative estimate of drug-likeness (QED) is 0.660. The molecule has 2 heterocycles. The van der Waals surface area contributed by atoms with Crippen LogP contribution < -0.4 is 5.32 Å². The molecule has 0 spiro atoms. The molecule has 142 valence electrons. The van der Waals surface area contributed by atoms with Gasteiger partial charge in [0.15, 0.2) is 5.96 Å². The first-order valence-corrected chi connectivity index (χ1v) is 9.66. The molecule has 1 aromatic carbocycles. The molecule has 2 unspecified atom stereocenters. The summed E-state index contributed by atoms with van der Waals surface area (Å²) in [5, 5.41) is 3.49. The number of nitrogens with zero attached hydrogens (tertiary/aromatic N) is 2. The molecular formula is C20H28FN3O2. The van der Waals surface area contributed by atoms with Crippen LogP contribution in [0.4, 0.5) is 4.39 Å². The first kappa shape index (κ1) is 17.7. The molecule has 26 heavy (non-hydrogen) atoms. The van der Waals surface area contributed by atoms with Gasteiger partial charge in [0.25, 0.3) is 0 Å². The highest BCUT2D eigenvalue weighted by atomic mass is 19.1. The van der Waals surface area contributed by atoms with Gasteiger partial charge in [0.1, 0.15) is 11.9 Å². The molecule has 6 heteroatoms. The molecule has 0 radical (unpaired) electrons. The summed E-state index contributed by atoms with van der Waals surface area (Å²) < 4.78 is 25.9. The first-order valence-electron chi connectivity index (χ1n) is 9.66. The lowest BCUT2D eigenvalue weighted by molar-refractivity contribution is -0.0817. The SMILES string of the molecule is CN=C(NCC1(c2ccccc2F)CC1)N1CCOC(C2CCCO2)C1. The Bertz CT molecular complexity index is 656. The summed E-state index contributed by atoms with van der Waals surface area (Å²) in [7, 11) is 1.81.